The number of carbonyl (C=O) groups is 1. The second kappa shape index (κ2) is 15.8. The molecular formula is C9H22O6. The highest BCUT2D eigenvalue weighted by atomic mass is 16.5. The molecule has 0 aromatic carbocycles. The Hall–Kier alpha value is -0.690. The summed E-state index contributed by atoms with van der Waals surface area (Å²) in [4.78, 5) is 9.00. The molecule has 0 aliphatic carbocycles. The van der Waals surface area contributed by atoms with Crippen molar-refractivity contribution in [2.75, 3.05) is 20.3 Å². The van der Waals surface area contributed by atoms with Crippen molar-refractivity contribution < 1.29 is 30.0 Å². The Labute approximate surface area is 90.1 Å². The van der Waals surface area contributed by atoms with Gasteiger partial charge >= 0.3 is 0 Å². The summed E-state index contributed by atoms with van der Waals surface area (Å²) in [7, 11) is 1.56. The Kier molecular flexibility index (Phi) is 20.8. The average molecular weight is 226 g/mol. The van der Waals surface area contributed by atoms with Gasteiger partial charge in [-0.3, -0.25) is 4.79 Å². The van der Waals surface area contributed by atoms with Gasteiger partial charge in [0.25, 0.3) is 5.97 Å². The van der Waals surface area contributed by atoms with Gasteiger partial charge in [-0.25, -0.2) is 0 Å². The molecule has 15 heavy (non-hydrogen) atoms. The third-order valence-electron chi connectivity index (χ3n) is 0.672. The number of aliphatic hydroxyl groups excluding tert-OH is 3. The molecular weight excluding hydrogens is 204 g/mol. The highest BCUT2D eigenvalue weighted by Crippen LogP contribution is 1.75. The van der Waals surface area contributed by atoms with Crippen molar-refractivity contribution in [2.45, 2.75) is 33.0 Å². The van der Waals surface area contributed by atoms with E-state index in [-0.39, 0.29) is 12.7 Å². The number of carboxylic acid groups (broad SMARTS) is 1. The zero-order valence-corrected chi connectivity index (χ0v) is 9.67. The first-order chi connectivity index (χ1) is 6.77. The van der Waals surface area contributed by atoms with Gasteiger partial charge in [0.2, 0.25) is 0 Å². The molecule has 94 valence electrons. The molecule has 0 saturated carbocycles. The van der Waals surface area contributed by atoms with Crippen LogP contribution in [-0.4, -0.2) is 58.9 Å². The second-order valence-electron chi connectivity index (χ2n) is 2.85. The Bertz CT molecular complexity index is 120. The van der Waals surface area contributed by atoms with Crippen LogP contribution in [0.2, 0.25) is 0 Å². The van der Waals surface area contributed by atoms with E-state index in [1.54, 1.807) is 14.0 Å². The molecule has 0 aromatic heterocycles. The average Bonchev–Trinajstić information content (AvgIpc) is 2.03. The highest BCUT2D eigenvalue weighted by Gasteiger charge is 1.87. The third-order valence-corrected chi connectivity index (χ3v) is 0.672. The quantitative estimate of drug-likeness (QED) is 0.515. The molecule has 0 saturated heterocycles. The van der Waals surface area contributed by atoms with Crippen LogP contribution in [0.3, 0.4) is 0 Å². The second-order valence-corrected chi connectivity index (χ2v) is 2.85. The number of hydrogen-bond donors (Lipinski definition) is 4. The molecule has 0 amide bonds. The molecule has 0 aromatic rings. The molecule has 0 heterocycles. The van der Waals surface area contributed by atoms with Gasteiger partial charge in [0, 0.05) is 14.0 Å². The molecule has 4 N–H and O–H groups in total. The van der Waals surface area contributed by atoms with Gasteiger partial charge in [0.05, 0.1) is 25.4 Å². The van der Waals surface area contributed by atoms with Crippen LogP contribution >= 0.6 is 0 Å². The lowest BCUT2D eigenvalue weighted by atomic mass is 10.5. The normalized spacial score (nSPS) is 12.5. The van der Waals surface area contributed by atoms with Crippen molar-refractivity contribution in [3.8, 4) is 0 Å². The lowest BCUT2D eigenvalue weighted by molar-refractivity contribution is -0.134. The predicted molar refractivity (Wildman–Crippen MR) is 55.6 cm³/mol. The van der Waals surface area contributed by atoms with E-state index in [4.69, 9.17) is 25.2 Å². The van der Waals surface area contributed by atoms with Crippen molar-refractivity contribution in [3.63, 3.8) is 0 Å². The predicted octanol–water partition coefficient (Wildman–Crippen LogP) is -0.536. The summed E-state index contributed by atoms with van der Waals surface area (Å²) in [6.07, 6.45) is -0.884. The molecule has 6 nitrogen and oxygen atoms in total. The third kappa shape index (κ3) is 91.7. The van der Waals surface area contributed by atoms with Crippen LogP contribution in [0.15, 0.2) is 0 Å². The molecule has 0 fully saturated rings. The van der Waals surface area contributed by atoms with Gasteiger partial charge in [-0.2, -0.15) is 0 Å². The summed E-state index contributed by atoms with van der Waals surface area (Å²) < 4.78 is 4.55. The Morgan fingerprint density at radius 1 is 1.27 bits per heavy atom. The van der Waals surface area contributed by atoms with Gasteiger partial charge < -0.3 is 25.2 Å². The van der Waals surface area contributed by atoms with Crippen LogP contribution in [0.1, 0.15) is 20.8 Å². The van der Waals surface area contributed by atoms with E-state index in [0.29, 0.717) is 6.61 Å². The molecule has 2 unspecified atom stereocenters. The van der Waals surface area contributed by atoms with Crippen molar-refractivity contribution in [1.29, 1.82) is 0 Å². The maximum atomic E-state index is 9.00. The van der Waals surface area contributed by atoms with Crippen LogP contribution in [0, 0.1) is 0 Å². The van der Waals surface area contributed by atoms with Crippen LogP contribution < -0.4 is 0 Å². The van der Waals surface area contributed by atoms with Gasteiger partial charge in [-0.1, -0.05) is 0 Å². The fourth-order valence-electron chi connectivity index (χ4n) is 0.241. The molecule has 2 atom stereocenters. The standard InChI is InChI=1S/C4H10O2.C3H8O2.C2H4O2/c1-4(5)3-6-2;1-3(5)2-4;1-2(3)4/h4-5H,3H2,1-2H3;3-5H,2H2,1H3;1H3,(H,3,4). The number of aliphatic hydroxyl groups is 3. The van der Waals surface area contributed by atoms with E-state index >= 15 is 0 Å². The molecule has 0 radical (unpaired) electrons. The molecule has 6 heteroatoms. The summed E-state index contributed by atoms with van der Waals surface area (Å²) in [5.41, 5.74) is 0. The SMILES string of the molecule is CC(=O)O.CC(O)CO.COCC(C)O. The number of hydrogen-bond acceptors (Lipinski definition) is 5. The lowest BCUT2D eigenvalue weighted by Crippen LogP contribution is -2.07. The summed E-state index contributed by atoms with van der Waals surface area (Å²) in [6, 6.07) is 0. The Morgan fingerprint density at radius 3 is 1.53 bits per heavy atom. The minimum absolute atomic E-state index is 0.139. The van der Waals surface area contributed by atoms with Gasteiger partial charge in [-0.15, -0.1) is 0 Å². The van der Waals surface area contributed by atoms with E-state index in [1.807, 2.05) is 0 Å². The highest BCUT2D eigenvalue weighted by molar-refractivity contribution is 5.62. The van der Waals surface area contributed by atoms with Crippen LogP contribution in [-0.2, 0) is 9.53 Å². The Morgan fingerprint density at radius 2 is 1.53 bits per heavy atom. The zero-order valence-electron chi connectivity index (χ0n) is 9.67. The maximum Gasteiger partial charge on any atom is 0.300 e. The number of ether oxygens (including phenoxy) is 1. The summed E-state index contributed by atoms with van der Waals surface area (Å²) in [6.45, 7) is 4.59. The maximum absolute atomic E-state index is 9.00. The van der Waals surface area contributed by atoms with E-state index < -0.39 is 12.1 Å². The first kappa shape index (κ1) is 19.8. The number of rotatable bonds is 3. The molecule has 0 spiro atoms. The smallest absolute Gasteiger partial charge is 0.300 e. The van der Waals surface area contributed by atoms with E-state index in [1.165, 1.54) is 6.92 Å². The summed E-state index contributed by atoms with van der Waals surface area (Å²) in [5, 5.41) is 31.8. The van der Waals surface area contributed by atoms with E-state index in [9.17, 15) is 0 Å². The molecule has 0 rings (SSSR count). The number of carboxylic acids is 1. The fraction of sp³-hybridized carbons (Fsp3) is 0.889. The minimum Gasteiger partial charge on any atom is -0.481 e. The van der Waals surface area contributed by atoms with Crippen molar-refractivity contribution >= 4 is 5.97 Å². The largest absolute Gasteiger partial charge is 0.481 e. The van der Waals surface area contributed by atoms with E-state index in [2.05, 4.69) is 4.74 Å². The van der Waals surface area contributed by atoms with Gasteiger partial charge in [-0.05, 0) is 13.8 Å². The van der Waals surface area contributed by atoms with Crippen LogP contribution in [0.5, 0.6) is 0 Å². The van der Waals surface area contributed by atoms with Crippen molar-refractivity contribution in [2.24, 2.45) is 0 Å². The number of aliphatic carboxylic acids is 1. The lowest BCUT2D eigenvalue weighted by Gasteiger charge is -1.97. The zero-order chi connectivity index (χ0) is 12.9. The van der Waals surface area contributed by atoms with E-state index in [0.717, 1.165) is 6.92 Å². The first-order valence-corrected chi connectivity index (χ1v) is 4.43. The first-order valence-electron chi connectivity index (χ1n) is 4.43. The molecule has 0 aliphatic heterocycles. The van der Waals surface area contributed by atoms with Gasteiger partial charge in [0.15, 0.2) is 0 Å². The molecule has 0 aliphatic rings. The topological polar surface area (TPSA) is 107 Å². The fourth-order valence-corrected chi connectivity index (χ4v) is 0.241. The Balaban J connectivity index is -0.000000147. The monoisotopic (exact) mass is 226 g/mol. The number of methoxy groups -OCH3 is 1. The summed E-state index contributed by atoms with van der Waals surface area (Å²) in [5.74, 6) is -0.833. The minimum atomic E-state index is -0.833. The van der Waals surface area contributed by atoms with Crippen molar-refractivity contribution in [3.05, 3.63) is 0 Å². The summed E-state index contributed by atoms with van der Waals surface area (Å²) >= 11 is 0. The van der Waals surface area contributed by atoms with Crippen LogP contribution in [0.4, 0.5) is 0 Å². The van der Waals surface area contributed by atoms with Crippen molar-refractivity contribution in [1.82, 2.24) is 0 Å². The molecule has 0 bridgehead atoms. The van der Waals surface area contributed by atoms with Crippen LogP contribution in [0.25, 0.3) is 0 Å². The van der Waals surface area contributed by atoms with Gasteiger partial charge in [0.1, 0.15) is 0 Å².